The van der Waals surface area contributed by atoms with E-state index >= 15 is 0 Å². The summed E-state index contributed by atoms with van der Waals surface area (Å²) in [4.78, 5) is 25.6. The summed E-state index contributed by atoms with van der Waals surface area (Å²) in [6.45, 7) is 0.631. The molecule has 13 heavy (non-hydrogen) atoms. The van der Waals surface area contributed by atoms with Crippen LogP contribution in [-0.4, -0.2) is 48.0 Å². The van der Waals surface area contributed by atoms with Crippen molar-refractivity contribution in [1.82, 2.24) is 15.1 Å². The molecule has 2 rings (SSSR count). The Morgan fingerprint density at radius 1 is 1.54 bits per heavy atom. The quantitative estimate of drug-likeness (QED) is 0.601. The Morgan fingerprint density at radius 3 is 2.69 bits per heavy atom. The molecule has 1 aliphatic carbocycles. The van der Waals surface area contributed by atoms with Crippen LogP contribution in [0.5, 0.6) is 0 Å². The van der Waals surface area contributed by atoms with Gasteiger partial charge in [-0.25, -0.2) is 4.79 Å². The van der Waals surface area contributed by atoms with Gasteiger partial charge in [0.05, 0.1) is 6.67 Å². The molecule has 1 N–H and O–H groups in total. The first-order chi connectivity index (χ1) is 6.16. The number of carbonyl (C=O) groups is 2. The smallest absolute Gasteiger partial charge is 0.319 e. The summed E-state index contributed by atoms with van der Waals surface area (Å²) in [5.41, 5.74) is 0. The number of carbonyl (C=O) groups excluding carboxylic acids is 2. The summed E-state index contributed by atoms with van der Waals surface area (Å²) in [5.74, 6) is 0.00551. The molecule has 0 spiro atoms. The first kappa shape index (κ1) is 8.34. The Labute approximate surface area is 76.7 Å². The third-order valence-electron chi connectivity index (χ3n) is 2.33. The van der Waals surface area contributed by atoms with Crippen LogP contribution < -0.4 is 5.32 Å². The first-order valence-corrected chi connectivity index (χ1v) is 4.46. The van der Waals surface area contributed by atoms with Crippen LogP contribution in [-0.2, 0) is 4.79 Å². The average Bonchev–Trinajstić information content (AvgIpc) is 2.81. The Kier molecular flexibility index (Phi) is 1.86. The third kappa shape index (κ3) is 1.74. The predicted octanol–water partition coefficient (Wildman–Crippen LogP) is -0.410. The summed E-state index contributed by atoms with van der Waals surface area (Å²) in [6.07, 6.45) is 2.15. The second-order valence-corrected chi connectivity index (χ2v) is 3.65. The molecule has 0 radical (unpaired) electrons. The Balaban J connectivity index is 1.86. The van der Waals surface area contributed by atoms with Gasteiger partial charge in [-0.05, 0) is 12.8 Å². The van der Waals surface area contributed by atoms with Crippen molar-refractivity contribution in [2.45, 2.75) is 18.9 Å². The zero-order valence-corrected chi connectivity index (χ0v) is 7.62. The Morgan fingerprint density at radius 2 is 2.23 bits per heavy atom. The van der Waals surface area contributed by atoms with Crippen LogP contribution in [0.1, 0.15) is 12.8 Å². The normalized spacial score (nSPS) is 22.4. The molecule has 0 aromatic rings. The van der Waals surface area contributed by atoms with Crippen LogP contribution in [0.25, 0.3) is 0 Å². The largest absolute Gasteiger partial charge is 0.335 e. The van der Waals surface area contributed by atoms with Crippen LogP contribution in [0.4, 0.5) is 4.79 Å². The van der Waals surface area contributed by atoms with E-state index in [2.05, 4.69) is 5.32 Å². The van der Waals surface area contributed by atoms with E-state index in [0.29, 0.717) is 12.7 Å². The van der Waals surface area contributed by atoms with Crippen LogP contribution in [0.15, 0.2) is 0 Å². The van der Waals surface area contributed by atoms with E-state index in [1.807, 2.05) is 0 Å². The highest BCUT2D eigenvalue weighted by atomic mass is 16.2. The van der Waals surface area contributed by atoms with Gasteiger partial charge >= 0.3 is 6.03 Å². The molecule has 1 heterocycles. The Hall–Kier alpha value is -1.26. The van der Waals surface area contributed by atoms with Crippen LogP contribution in [0.3, 0.4) is 0 Å². The maximum atomic E-state index is 11.4. The van der Waals surface area contributed by atoms with Gasteiger partial charge in [-0.3, -0.25) is 9.69 Å². The van der Waals surface area contributed by atoms with Gasteiger partial charge in [0.25, 0.3) is 0 Å². The van der Waals surface area contributed by atoms with Gasteiger partial charge < -0.3 is 10.2 Å². The lowest BCUT2D eigenvalue weighted by Gasteiger charge is -2.15. The predicted molar refractivity (Wildman–Crippen MR) is 45.9 cm³/mol. The van der Waals surface area contributed by atoms with Gasteiger partial charge in [0.1, 0.15) is 6.54 Å². The second-order valence-electron chi connectivity index (χ2n) is 3.65. The first-order valence-electron chi connectivity index (χ1n) is 4.46. The zero-order valence-electron chi connectivity index (χ0n) is 7.62. The molecule has 1 aliphatic heterocycles. The molecular weight excluding hydrogens is 170 g/mol. The van der Waals surface area contributed by atoms with E-state index in [9.17, 15) is 9.59 Å². The van der Waals surface area contributed by atoms with Crippen molar-refractivity contribution in [3.05, 3.63) is 0 Å². The number of amides is 3. The Bertz CT molecular complexity index is 250. The third-order valence-corrected chi connectivity index (χ3v) is 2.33. The number of nitrogens with zero attached hydrogens (tertiary/aromatic N) is 2. The SMILES string of the molecule is CN1CN(C(=O)NC2CC2)CC1=O. The number of hydrogen-bond donors (Lipinski definition) is 1. The number of nitrogens with one attached hydrogen (secondary N) is 1. The number of urea groups is 1. The topological polar surface area (TPSA) is 52.6 Å². The molecular formula is C8H13N3O2. The lowest BCUT2D eigenvalue weighted by Crippen LogP contribution is -2.40. The summed E-state index contributed by atoms with van der Waals surface area (Å²) in [5, 5.41) is 2.84. The average molecular weight is 183 g/mol. The highest BCUT2D eigenvalue weighted by molar-refractivity contribution is 5.87. The molecule has 3 amide bonds. The van der Waals surface area contributed by atoms with Crippen molar-refractivity contribution in [3.63, 3.8) is 0 Å². The van der Waals surface area contributed by atoms with E-state index in [1.54, 1.807) is 11.9 Å². The molecule has 0 unspecified atom stereocenters. The fourth-order valence-electron chi connectivity index (χ4n) is 1.30. The minimum absolute atomic E-state index is 0.00551. The van der Waals surface area contributed by atoms with Crippen molar-refractivity contribution in [2.75, 3.05) is 20.3 Å². The van der Waals surface area contributed by atoms with E-state index < -0.39 is 0 Å². The number of rotatable bonds is 1. The number of hydrogen-bond acceptors (Lipinski definition) is 2. The van der Waals surface area contributed by atoms with Gasteiger partial charge in [-0.15, -0.1) is 0 Å². The van der Waals surface area contributed by atoms with Crippen LogP contribution in [0, 0.1) is 0 Å². The van der Waals surface area contributed by atoms with Gasteiger partial charge in [-0.2, -0.15) is 0 Å². The molecule has 1 saturated carbocycles. The molecule has 1 saturated heterocycles. The fourth-order valence-corrected chi connectivity index (χ4v) is 1.30. The summed E-state index contributed by atoms with van der Waals surface area (Å²) >= 11 is 0. The minimum atomic E-state index is -0.111. The molecule has 0 bridgehead atoms. The molecule has 72 valence electrons. The van der Waals surface area contributed by atoms with E-state index in [4.69, 9.17) is 0 Å². The summed E-state index contributed by atoms with van der Waals surface area (Å²) in [6, 6.07) is 0.244. The monoisotopic (exact) mass is 183 g/mol. The molecule has 2 aliphatic rings. The summed E-state index contributed by atoms with van der Waals surface area (Å²) in [7, 11) is 1.70. The van der Waals surface area contributed by atoms with Crippen molar-refractivity contribution >= 4 is 11.9 Å². The van der Waals surface area contributed by atoms with Crippen molar-refractivity contribution in [3.8, 4) is 0 Å². The molecule has 0 atom stereocenters. The van der Waals surface area contributed by atoms with Crippen LogP contribution >= 0.6 is 0 Å². The number of likely N-dealkylation sites (N-methyl/N-ethyl adjacent to an activating group) is 1. The van der Waals surface area contributed by atoms with Crippen LogP contribution in [0.2, 0.25) is 0 Å². The van der Waals surface area contributed by atoms with E-state index in [0.717, 1.165) is 12.8 Å². The molecule has 5 nitrogen and oxygen atoms in total. The maximum Gasteiger partial charge on any atom is 0.319 e. The molecule has 0 aromatic heterocycles. The van der Waals surface area contributed by atoms with Gasteiger partial charge in [0.2, 0.25) is 5.91 Å². The standard InChI is InChI=1S/C8H13N3O2/c1-10-5-11(4-7(10)12)8(13)9-6-2-3-6/h6H,2-5H2,1H3,(H,9,13). The lowest BCUT2D eigenvalue weighted by atomic mass is 10.6. The van der Waals surface area contributed by atoms with Crippen molar-refractivity contribution in [2.24, 2.45) is 0 Å². The lowest BCUT2D eigenvalue weighted by molar-refractivity contribution is -0.125. The fraction of sp³-hybridized carbons (Fsp3) is 0.750. The van der Waals surface area contributed by atoms with E-state index in [1.165, 1.54) is 4.90 Å². The van der Waals surface area contributed by atoms with Gasteiger partial charge in [0, 0.05) is 13.1 Å². The van der Waals surface area contributed by atoms with Crippen molar-refractivity contribution < 1.29 is 9.59 Å². The van der Waals surface area contributed by atoms with Gasteiger partial charge in [-0.1, -0.05) is 0 Å². The molecule has 0 aromatic carbocycles. The molecule has 2 fully saturated rings. The summed E-state index contributed by atoms with van der Waals surface area (Å²) < 4.78 is 0. The van der Waals surface area contributed by atoms with Gasteiger partial charge in [0.15, 0.2) is 0 Å². The zero-order chi connectivity index (χ0) is 9.42. The van der Waals surface area contributed by atoms with Crippen molar-refractivity contribution in [1.29, 1.82) is 0 Å². The highest BCUT2D eigenvalue weighted by Crippen LogP contribution is 2.19. The minimum Gasteiger partial charge on any atom is -0.335 e. The maximum absolute atomic E-state index is 11.4. The second kappa shape index (κ2) is 2.90. The highest BCUT2D eigenvalue weighted by Gasteiger charge is 2.31. The molecule has 5 heteroatoms. The van der Waals surface area contributed by atoms with E-state index in [-0.39, 0.29) is 18.5 Å².